The van der Waals surface area contributed by atoms with Crippen LogP contribution in [0.3, 0.4) is 0 Å². The van der Waals surface area contributed by atoms with Gasteiger partial charge < -0.3 is 15.4 Å². The molecule has 0 aliphatic heterocycles. The topological polar surface area (TPSA) is 45.6 Å². The van der Waals surface area contributed by atoms with Crippen LogP contribution in [0.15, 0.2) is 29.3 Å². The summed E-state index contributed by atoms with van der Waals surface area (Å²) >= 11 is 0. The summed E-state index contributed by atoms with van der Waals surface area (Å²) in [6.07, 6.45) is -2.56. The fraction of sp³-hybridized carbons (Fsp3) is 0.588. The van der Waals surface area contributed by atoms with E-state index in [4.69, 9.17) is 4.74 Å². The van der Waals surface area contributed by atoms with Crippen LogP contribution in [0.4, 0.5) is 13.2 Å². The molecule has 0 heterocycles. The van der Waals surface area contributed by atoms with E-state index in [1.807, 2.05) is 6.92 Å². The minimum Gasteiger partial charge on any atom is -0.380 e. The highest BCUT2D eigenvalue weighted by Gasteiger charge is 2.45. The Hall–Kier alpha value is -1.03. The fourth-order valence-electron chi connectivity index (χ4n) is 2.60. The van der Waals surface area contributed by atoms with E-state index in [2.05, 4.69) is 15.6 Å². The predicted octanol–water partition coefficient (Wildman–Crippen LogP) is 3.56. The van der Waals surface area contributed by atoms with Crippen molar-refractivity contribution in [2.75, 3.05) is 33.4 Å². The molecule has 1 aliphatic carbocycles. The van der Waals surface area contributed by atoms with Crippen LogP contribution in [-0.4, -0.2) is 39.3 Å². The second-order valence-electron chi connectivity index (χ2n) is 5.91. The SMILES string of the molecule is CCOCCNC(=NC)NCC1(c2cccc(C(F)(F)F)c2)CC1.I. The van der Waals surface area contributed by atoms with Crippen molar-refractivity contribution in [1.29, 1.82) is 0 Å². The zero-order chi connectivity index (χ0) is 17.6. The molecule has 0 spiro atoms. The predicted molar refractivity (Wildman–Crippen MR) is 104 cm³/mol. The smallest absolute Gasteiger partial charge is 0.380 e. The molecule has 25 heavy (non-hydrogen) atoms. The molecule has 1 aliphatic rings. The van der Waals surface area contributed by atoms with Crippen molar-refractivity contribution in [2.45, 2.75) is 31.4 Å². The number of benzene rings is 1. The molecule has 0 atom stereocenters. The number of ether oxygens (including phenoxy) is 1. The van der Waals surface area contributed by atoms with Crippen LogP contribution >= 0.6 is 24.0 Å². The zero-order valence-electron chi connectivity index (χ0n) is 14.4. The number of nitrogens with one attached hydrogen (secondary N) is 2. The highest BCUT2D eigenvalue weighted by molar-refractivity contribution is 14.0. The van der Waals surface area contributed by atoms with Crippen LogP contribution in [0.25, 0.3) is 0 Å². The molecule has 0 bridgehead atoms. The monoisotopic (exact) mass is 471 g/mol. The molecule has 0 amide bonds. The first-order valence-electron chi connectivity index (χ1n) is 8.11. The van der Waals surface area contributed by atoms with Gasteiger partial charge in [0.15, 0.2) is 5.96 Å². The van der Waals surface area contributed by atoms with E-state index in [0.717, 1.165) is 24.5 Å². The molecule has 8 heteroatoms. The van der Waals surface area contributed by atoms with Crippen LogP contribution in [0.2, 0.25) is 0 Å². The number of nitrogens with zero attached hydrogens (tertiary/aromatic N) is 1. The van der Waals surface area contributed by atoms with Gasteiger partial charge in [0.25, 0.3) is 0 Å². The van der Waals surface area contributed by atoms with Crippen LogP contribution in [-0.2, 0) is 16.3 Å². The van der Waals surface area contributed by atoms with Crippen molar-refractivity contribution in [2.24, 2.45) is 4.99 Å². The number of aliphatic imine (C=N–C) groups is 1. The number of rotatable bonds is 7. The molecule has 142 valence electrons. The van der Waals surface area contributed by atoms with Gasteiger partial charge in [-0.2, -0.15) is 13.2 Å². The molecule has 2 N–H and O–H groups in total. The molecule has 1 aromatic rings. The van der Waals surface area contributed by atoms with Gasteiger partial charge >= 0.3 is 6.18 Å². The summed E-state index contributed by atoms with van der Waals surface area (Å²) in [6, 6.07) is 5.63. The van der Waals surface area contributed by atoms with Crippen molar-refractivity contribution in [1.82, 2.24) is 10.6 Å². The number of hydrogen-bond donors (Lipinski definition) is 2. The molecule has 0 unspecified atom stereocenters. The zero-order valence-corrected chi connectivity index (χ0v) is 16.8. The summed E-state index contributed by atoms with van der Waals surface area (Å²) in [6.45, 7) is 4.36. The standard InChI is InChI=1S/C17H24F3N3O.HI/c1-3-24-10-9-22-15(21-2)23-12-16(7-8-16)13-5-4-6-14(11-13)17(18,19)20;/h4-6,11H,3,7-10,12H2,1-2H3,(H2,21,22,23);1H. The van der Waals surface area contributed by atoms with E-state index in [1.54, 1.807) is 13.1 Å². The lowest BCUT2D eigenvalue weighted by atomic mass is 9.94. The number of halogens is 4. The maximum absolute atomic E-state index is 12.9. The molecule has 0 aromatic heterocycles. The van der Waals surface area contributed by atoms with Gasteiger partial charge in [0.1, 0.15) is 0 Å². The Morgan fingerprint density at radius 1 is 1.28 bits per heavy atom. The minimum atomic E-state index is -4.31. The van der Waals surface area contributed by atoms with Gasteiger partial charge in [-0.1, -0.05) is 18.2 Å². The first kappa shape index (κ1) is 22.0. The van der Waals surface area contributed by atoms with Crippen molar-refractivity contribution in [3.63, 3.8) is 0 Å². The van der Waals surface area contributed by atoms with Gasteiger partial charge in [-0.15, -0.1) is 24.0 Å². The van der Waals surface area contributed by atoms with E-state index < -0.39 is 11.7 Å². The molecule has 4 nitrogen and oxygen atoms in total. The van der Waals surface area contributed by atoms with Crippen molar-refractivity contribution >= 4 is 29.9 Å². The highest BCUT2D eigenvalue weighted by Crippen LogP contribution is 2.48. The molecule has 1 aromatic carbocycles. The molecule has 0 radical (unpaired) electrons. The van der Waals surface area contributed by atoms with Gasteiger partial charge in [0, 0.05) is 32.2 Å². The Labute approximate surface area is 163 Å². The average Bonchev–Trinajstić information content (AvgIpc) is 3.35. The van der Waals surface area contributed by atoms with Gasteiger partial charge in [0.05, 0.1) is 12.2 Å². The molecular formula is C17H25F3IN3O. The Balaban J connectivity index is 0.00000312. The molecule has 1 saturated carbocycles. The van der Waals surface area contributed by atoms with E-state index in [9.17, 15) is 13.2 Å². The highest BCUT2D eigenvalue weighted by atomic mass is 127. The summed E-state index contributed by atoms with van der Waals surface area (Å²) in [5.74, 6) is 0.632. The average molecular weight is 471 g/mol. The van der Waals surface area contributed by atoms with Crippen molar-refractivity contribution in [3.8, 4) is 0 Å². The first-order valence-corrected chi connectivity index (χ1v) is 8.11. The minimum absolute atomic E-state index is 0. The first-order chi connectivity index (χ1) is 11.4. The Kier molecular flexibility index (Phi) is 8.46. The fourth-order valence-corrected chi connectivity index (χ4v) is 2.60. The molecule has 2 rings (SSSR count). The third-order valence-electron chi connectivity index (χ3n) is 4.22. The summed E-state index contributed by atoms with van der Waals surface area (Å²) in [4.78, 5) is 4.13. The third-order valence-corrected chi connectivity index (χ3v) is 4.22. The number of alkyl halides is 3. The van der Waals surface area contributed by atoms with Gasteiger partial charge in [-0.25, -0.2) is 0 Å². The lowest BCUT2D eigenvalue weighted by molar-refractivity contribution is -0.137. The second kappa shape index (κ2) is 9.61. The number of hydrogen-bond acceptors (Lipinski definition) is 2. The van der Waals surface area contributed by atoms with Crippen molar-refractivity contribution < 1.29 is 17.9 Å². The normalized spacial score (nSPS) is 16.1. The Morgan fingerprint density at radius 3 is 2.56 bits per heavy atom. The maximum Gasteiger partial charge on any atom is 0.416 e. The van der Waals surface area contributed by atoms with Gasteiger partial charge in [-0.3, -0.25) is 4.99 Å². The number of guanidine groups is 1. The van der Waals surface area contributed by atoms with Crippen LogP contribution < -0.4 is 10.6 Å². The Morgan fingerprint density at radius 2 is 2.00 bits per heavy atom. The summed E-state index contributed by atoms with van der Waals surface area (Å²) in [7, 11) is 1.67. The quantitative estimate of drug-likeness (QED) is 0.277. The van der Waals surface area contributed by atoms with E-state index in [0.29, 0.717) is 32.3 Å². The van der Waals surface area contributed by atoms with Crippen LogP contribution in [0, 0.1) is 0 Å². The van der Waals surface area contributed by atoms with Crippen LogP contribution in [0.5, 0.6) is 0 Å². The lowest BCUT2D eigenvalue weighted by Crippen LogP contribution is -2.42. The van der Waals surface area contributed by atoms with Gasteiger partial charge in [-0.05, 0) is 31.4 Å². The molecule has 1 fully saturated rings. The van der Waals surface area contributed by atoms with Crippen molar-refractivity contribution in [3.05, 3.63) is 35.4 Å². The maximum atomic E-state index is 12.9. The molecular weight excluding hydrogens is 446 g/mol. The van der Waals surface area contributed by atoms with E-state index in [-0.39, 0.29) is 29.4 Å². The third kappa shape index (κ3) is 6.32. The summed E-state index contributed by atoms with van der Waals surface area (Å²) < 4.78 is 43.9. The summed E-state index contributed by atoms with van der Waals surface area (Å²) in [5.41, 5.74) is -0.0983. The molecule has 0 saturated heterocycles. The largest absolute Gasteiger partial charge is 0.416 e. The van der Waals surface area contributed by atoms with E-state index in [1.165, 1.54) is 12.1 Å². The summed E-state index contributed by atoms with van der Waals surface area (Å²) in [5, 5.41) is 6.33. The van der Waals surface area contributed by atoms with Gasteiger partial charge in [0.2, 0.25) is 0 Å². The second-order valence-corrected chi connectivity index (χ2v) is 5.91. The lowest BCUT2D eigenvalue weighted by Gasteiger charge is -2.20. The van der Waals surface area contributed by atoms with E-state index >= 15 is 0 Å². The Bertz CT molecular complexity index is 575. The van der Waals surface area contributed by atoms with Crippen LogP contribution in [0.1, 0.15) is 30.9 Å².